The molecular formula is C20H19N3O2S. The second-order valence-electron chi connectivity index (χ2n) is 6.42. The number of carbonyl (C=O) groups excluding carboxylic acids is 1. The van der Waals surface area contributed by atoms with Crippen LogP contribution in [0.3, 0.4) is 0 Å². The number of thioether (sulfide) groups is 1. The van der Waals surface area contributed by atoms with E-state index in [2.05, 4.69) is 10.3 Å². The zero-order valence-electron chi connectivity index (χ0n) is 14.2. The summed E-state index contributed by atoms with van der Waals surface area (Å²) < 4.78 is 1.66. The molecule has 26 heavy (non-hydrogen) atoms. The fourth-order valence-corrected chi connectivity index (χ4v) is 3.60. The van der Waals surface area contributed by atoms with Crippen LogP contribution in [0.15, 0.2) is 64.5 Å². The highest BCUT2D eigenvalue weighted by Crippen LogP contribution is 2.21. The molecule has 4 rings (SSSR count). The summed E-state index contributed by atoms with van der Waals surface area (Å²) >= 11 is 1.31. The van der Waals surface area contributed by atoms with Crippen LogP contribution in [0.4, 0.5) is 0 Å². The van der Waals surface area contributed by atoms with Gasteiger partial charge in [-0.05, 0) is 30.5 Å². The van der Waals surface area contributed by atoms with Crippen molar-refractivity contribution in [3.63, 3.8) is 0 Å². The van der Waals surface area contributed by atoms with E-state index in [4.69, 9.17) is 0 Å². The molecule has 1 N–H and O–H groups in total. The molecule has 3 aromatic rings. The smallest absolute Gasteiger partial charge is 0.262 e. The number of carbonyl (C=O) groups is 1. The average Bonchev–Trinajstić information content (AvgIpc) is 3.47. The van der Waals surface area contributed by atoms with E-state index in [1.54, 1.807) is 10.6 Å². The van der Waals surface area contributed by atoms with Gasteiger partial charge < -0.3 is 5.32 Å². The molecule has 1 aliphatic rings. The topological polar surface area (TPSA) is 64.0 Å². The van der Waals surface area contributed by atoms with Crippen LogP contribution in [0.2, 0.25) is 0 Å². The molecule has 0 unspecified atom stereocenters. The Hall–Kier alpha value is -2.60. The third-order valence-electron chi connectivity index (χ3n) is 4.28. The van der Waals surface area contributed by atoms with Gasteiger partial charge in [-0.1, -0.05) is 54.2 Å². The van der Waals surface area contributed by atoms with E-state index in [0.717, 1.165) is 18.4 Å². The van der Waals surface area contributed by atoms with Crippen LogP contribution in [0.25, 0.3) is 10.9 Å². The summed E-state index contributed by atoms with van der Waals surface area (Å²) in [5.74, 6) is 0.252. The van der Waals surface area contributed by atoms with E-state index in [0.29, 0.717) is 28.6 Å². The number of nitrogens with zero attached hydrogens (tertiary/aromatic N) is 2. The lowest BCUT2D eigenvalue weighted by Gasteiger charge is -2.13. The maximum Gasteiger partial charge on any atom is 0.262 e. The molecule has 0 bridgehead atoms. The van der Waals surface area contributed by atoms with E-state index in [1.807, 2.05) is 48.5 Å². The van der Waals surface area contributed by atoms with Gasteiger partial charge in [0.2, 0.25) is 5.91 Å². The summed E-state index contributed by atoms with van der Waals surface area (Å²) in [4.78, 5) is 29.7. The van der Waals surface area contributed by atoms with Gasteiger partial charge in [-0.15, -0.1) is 0 Å². The highest BCUT2D eigenvalue weighted by Gasteiger charge is 2.23. The average molecular weight is 365 g/mol. The Morgan fingerprint density at radius 2 is 1.85 bits per heavy atom. The third kappa shape index (κ3) is 3.80. The number of nitrogens with one attached hydrogen (secondary N) is 1. The highest BCUT2D eigenvalue weighted by atomic mass is 32.2. The third-order valence-corrected chi connectivity index (χ3v) is 5.26. The SMILES string of the molecule is O=C(CSc1nc2ccccc2c(=O)n1Cc1ccccc1)NC1CC1. The van der Waals surface area contributed by atoms with Crippen molar-refractivity contribution >= 4 is 28.6 Å². The lowest BCUT2D eigenvalue weighted by atomic mass is 10.2. The summed E-state index contributed by atoms with van der Waals surface area (Å²) in [6.07, 6.45) is 2.12. The van der Waals surface area contributed by atoms with Gasteiger partial charge in [0, 0.05) is 6.04 Å². The van der Waals surface area contributed by atoms with Gasteiger partial charge in [-0.25, -0.2) is 4.98 Å². The highest BCUT2D eigenvalue weighted by molar-refractivity contribution is 7.99. The first-order valence-electron chi connectivity index (χ1n) is 8.66. The van der Waals surface area contributed by atoms with Gasteiger partial charge >= 0.3 is 0 Å². The number of hydrogen-bond acceptors (Lipinski definition) is 4. The number of amides is 1. The number of benzene rings is 2. The maximum absolute atomic E-state index is 13.0. The second-order valence-corrected chi connectivity index (χ2v) is 7.36. The fourth-order valence-electron chi connectivity index (χ4n) is 2.79. The molecule has 0 spiro atoms. The van der Waals surface area contributed by atoms with Crippen molar-refractivity contribution in [3.05, 3.63) is 70.5 Å². The Kier molecular flexibility index (Phi) is 4.75. The van der Waals surface area contributed by atoms with Gasteiger partial charge in [0.15, 0.2) is 5.16 Å². The monoisotopic (exact) mass is 365 g/mol. The van der Waals surface area contributed by atoms with Gasteiger partial charge in [0.25, 0.3) is 5.56 Å². The normalized spacial score (nSPS) is 13.7. The molecule has 1 heterocycles. The van der Waals surface area contributed by atoms with Crippen LogP contribution in [0, 0.1) is 0 Å². The number of aromatic nitrogens is 2. The van der Waals surface area contributed by atoms with Gasteiger partial charge in [-0.2, -0.15) is 0 Å². The van der Waals surface area contributed by atoms with Crippen LogP contribution >= 0.6 is 11.8 Å². The Morgan fingerprint density at radius 1 is 1.12 bits per heavy atom. The van der Waals surface area contributed by atoms with Gasteiger partial charge in [-0.3, -0.25) is 14.2 Å². The summed E-state index contributed by atoms with van der Waals surface area (Å²) in [5, 5.41) is 4.14. The minimum Gasteiger partial charge on any atom is -0.353 e. The molecule has 1 saturated carbocycles. The number of hydrogen-bond donors (Lipinski definition) is 1. The minimum absolute atomic E-state index is 0.00818. The van der Waals surface area contributed by atoms with E-state index in [9.17, 15) is 9.59 Å². The molecule has 0 saturated heterocycles. The number of rotatable bonds is 6. The molecule has 132 valence electrons. The summed E-state index contributed by atoms with van der Waals surface area (Å²) in [6, 6.07) is 17.5. The Balaban J connectivity index is 1.67. The molecule has 1 aromatic heterocycles. The molecule has 0 aliphatic heterocycles. The second kappa shape index (κ2) is 7.33. The van der Waals surface area contributed by atoms with Crippen molar-refractivity contribution in [1.82, 2.24) is 14.9 Å². The largest absolute Gasteiger partial charge is 0.353 e. The van der Waals surface area contributed by atoms with Crippen LogP contribution in [-0.4, -0.2) is 27.3 Å². The van der Waals surface area contributed by atoms with Crippen LogP contribution in [0.1, 0.15) is 18.4 Å². The molecule has 0 atom stereocenters. The van der Waals surface area contributed by atoms with Crippen molar-refractivity contribution in [2.75, 3.05) is 5.75 Å². The minimum atomic E-state index is -0.0791. The van der Waals surface area contributed by atoms with Gasteiger partial charge in [0.05, 0.1) is 23.2 Å². The van der Waals surface area contributed by atoms with Crippen molar-refractivity contribution in [2.24, 2.45) is 0 Å². The molecule has 1 fully saturated rings. The number of fused-ring (bicyclic) bond motifs is 1. The fraction of sp³-hybridized carbons (Fsp3) is 0.250. The predicted octanol–water partition coefficient (Wildman–Crippen LogP) is 2.82. The van der Waals surface area contributed by atoms with Crippen LogP contribution in [0.5, 0.6) is 0 Å². The van der Waals surface area contributed by atoms with Gasteiger partial charge in [0.1, 0.15) is 0 Å². The molecule has 5 nitrogen and oxygen atoms in total. The van der Waals surface area contributed by atoms with Crippen LogP contribution in [-0.2, 0) is 11.3 Å². The lowest BCUT2D eigenvalue weighted by molar-refractivity contribution is -0.118. The maximum atomic E-state index is 13.0. The molecular weight excluding hydrogens is 346 g/mol. The van der Waals surface area contributed by atoms with Crippen molar-refractivity contribution < 1.29 is 4.79 Å². The van der Waals surface area contributed by atoms with Crippen molar-refractivity contribution in [3.8, 4) is 0 Å². The Labute approximate surface area is 155 Å². The Morgan fingerprint density at radius 3 is 2.62 bits per heavy atom. The standard InChI is InChI=1S/C20H19N3O2S/c24-18(21-15-10-11-15)13-26-20-22-17-9-5-4-8-16(17)19(25)23(20)12-14-6-2-1-3-7-14/h1-9,15H,10-13H2,(H,21,24). The summed E-state index contributed by atoms with van der Waals surface area (Å²) in [5.41, 5.74) is 1.60. The Bertz CT molecular complexity index is 997. The first-order valence-corrected chi connectivity index (χ1v) is 9.65. The molecule has 1 aliphatic carbocycles. The van der Waals surface area contributed by atoms with Crippen molar-refractivity contribution in [2.45, 2.75) is 30.6 Å². The summed E-state index contributed by atoms with van der Waals surface area (Å²) in [7, 11) is 0. The quantitative estimate of drug-likeness (QED) is 0.539. The first kappa shape index (κ1) is 16.8. The zero-order valence-corrected chi connectivity index (χ0v) is 15.0. The first-order chi connectivity index (χ1) is 12.7. The zero-order chi connectivity index (χ0) is 17.9. The van der Waals surface area contributed by atoms with Crippen molar-refractivity contribution in [1.29, 1.82) is 0 Å². The van der Waals surface area contributed by atoms with E-state index >= 15 is 0 Å². The molecule has 1 amide bonds. The van der Waals surface area contributed by atoms with E-state index < -0.39 is 0 Å². The molecule has 0 radical (unpaired) electrons. The lowest BCUT2D eigenvalue weighted by Crippen LogP contribution is -2.28. The molecule has 2 aromatic carbocycles. The van der Waals surface area contributed by atoms with E-state index in [1.165, 1.54) is 11.8 Å². The number of para-hydroxylation sites is 1. The predicted molar refractivity (Wildman–Crippen MR) is 103 cm³/mol. The molecule has 6 heteroatoms. The van der Waals surface area contributed by atoms with Crippen LogP contribution < -0.4 is 10.9 Å². The van der Waals surface area contributed by atoms with E-state index in [-0.39, 0.29) is 17.2 Å². The summed E-state index contributed by atoms with van der Waals surface area (Å²) in [6.45, 7) is 0.435.